The van der Waals surface area contributed by atoms with Gasteiger partial charge in [-0.3, -0.25) is 4.79 Å². The van der Waals surface area contributed by atoms with Crippen LogP contribution in [0.25, 0.3) is 0 Å². The van der Waals surface area contributed by atoms with Crippen molar-refractivity contribution in [1.29, 1.82) is 0 Å². The minimum atomic E-state index is -0.423. The SMILES string of the molecule is CCCC(C)C(=O)N(C)[C@H]1CNC[C@@H]1O. The average molecular weight is 214 g/mol. The summed E-state index contributed by atoms with van der Waals surface area (Å²) in [6.07, 6.45) is 1.51. The largest absolute Gasteiger partial charge is 0.390 e. The molecule has 0 aromatic carbocycles. The van der Waals surface area contributed by atoms with E-state index in [0.717, 1.165) is 12.8 Å². The van der Waals surface area contributed by atoms with Crippen molar-refractivity contribution in [3.63, 3.8) is 0 Å². The Balaban J connectivity index is 2.51. The fraction of sp³-hybridized carbons (Fsp3) is 0.909. The maximum Gasteiger partial charge on any atom is 0.225 e. The fourth-order valence-electron chi connectivity index (χ4n) is 2.11. The summed E-state index contributed by atoms with van der Waals surface area (Å²) in [7, 11) is 1.79. The molecule has 0 bridgehead atoms. The van der Waals surface area contributed by atoms with Crippen LogP contribution in [-0.4, -0.2) is 48.2 Å². The molecule has 0 aromatic rings. The van der Waals surface area contributed by atoms with Gasteiger partial charge in [0.2, 0.25) is 5.91 Å². The molecule has 1 fully saturated rings. The maximum absolute atomic E-state index is 12.0. The van der Waals surface area contributed by atoms with Gasteiger partial charge in [-0.05, 0) is 6.42 Å². The molecule has 4 nitrogen and oxygen atoms in total. The minimum Gasteiger partial charge on any atom is -0.390 e. The summed E-state index contributed by atoms with van der Waals surface area (Å²) in [5.74, 6) is 0.206. The lowest BCUT2D eigenvalue weighted by Gasteiger charge is -2.28. The van der Waals surface area contributed by atoms with Gasteiger partial charge in [-0.2, -0.15) is 0 Å². The van der Waals surface area contributed by atoms with Gasteiger partial charge in [0, 0.05) is 26.1 Å². The fourth-order valence-corrected chi connectivity index (χ4v) is 2.11. The monoisotopic (exact) mass is 214 g/mol. The van der Waals surface area contributed by atoms with E-state index in [1.54, 1.807) is 11.9 Å². The third-order valence-corrected chi connectivity index (χ3v) is 3.14. The van der Waals surface area contributed by atoms with Crippen LogP contribution in [0.5, 0.6) is 0 Å². The van der Waals surface area contributed by atoms with E-state index < -0.39 is 6.10 Å². The molecule has 0 aliphatic carbocycles. The molecule has 0 radical (unpaired) electrons. The lowest BCUT2D eigenvalue weighted by Crippen LogP contribution is -2.46. The molecule has 0 spiro atoms. The zero-order valence-corrected chi connectivity index (χ0v) is 9.86. The summed E-state index contributed by atoms with van der Waals surface area (Å²) in [6, 6.07) is -0.0585. The number of carbonyl (C=O) groups is 1. The highest BCUT2D eigenvalue weighted by molar-refractivity contribution is 5.78. The topological polar surface area (TPSA) is 52.6 Å². The molecule has 1 heterocycles. The summed E-state index contributed by atoms with van der Waals surface area (Å²) in [6.45, 7) is 5.32. The van der Waals surface area contributed by atoms with Gasteiger partial charge in [0.05, 0.1) is 12.1 Å². The molecule has 0 saturated carbocycles. The highest BCUT2D eigenvalue weighted by Crippen LogP contribution is 2.14. The number of aliphatic hydroxyl groups is 1. The van der Waals surface area contributed by atoms with Gasteiger partial charge in [-0.25, -0.2) is 0 Å². The predicted octanol–water partition coefficient (Wildman–Crippen LogP) is 0.214. The first-order chi connectivity index (χ1) is 7.07. The molecule has 3 atom stereocenters. The van der Waals surface area contributed by atoms with Crippen LogP contribution >= 0.6 is 0 Å². The van der Waals surface area contributed by atoms with Crippen molar-refractivity contribution in [3.05, 3.63) is 0 Å². The van der Waals surface area contributed by atoms with Gasteiger partial charge in [0.15, 0.2) is 0 Å². The Bertz CT molecular complexity index is 221. The van der Waals surface area contributed by atoms with E-state index in [0.29, 0.717) is 13.1 Å². The van der Waals surface area contributed by atoms with E-state index in [-0.39, 0.29) is 17.9 Å². The Morgan fingerprint density at radius 3 is 2.73 bits per heavy atom. The van der Waals surface area contributed by atoms with E-state index in [9.17, 15) is 9.90 Å². The van der Waals surface area contributed by atoms with Crippen molar-refractivity contribution in [2.75, 3.05) is 20.1 Å². The molecule has 1 amide bonds. The Labute approximate surface area is 91.6 Å². The third kappa shape index (κ3) is 2.92. The summed E-state index contributed by atoms with van der Waals surface area (Å²) < 4.78 is 0. The second kappa shape index (κ2) is 5.47. The molecule has 1 aliphatic heterocycles. The van der Waals surface area contributed by atoms with Crippen LogP contribution in [0.15, 0.2) is 0 Å². The molecule has 1 unspecified atom stereocenters. The van der Waals surface area contributed by atoms with Crippen LogP contribution in [0.4, 0.5) is 0 Å². The summed E-state index contributed by atoms with van der Waals surface area (Å²) >= 11 is 0. The van der Waals surface area contributed by atoms with Crippen LogP contribution in [-0.2, 0) is 4.79 Å². The van der Waals surface area contributed by atoms with Crippen molar-refractivity contribution in [2.45, 2.75) is 38.8 Å². The van der Waals surface area contributed by atoms with Gasteiger partial charge in [0.1, 0.15) is 0 Å². The van der Waals surface area contributed by atoms with Crippen molar-refractivity contribution >= 4 is 5.91 Å². The molecule has 15 heavy (non-hydrogen) atoms. The lowest BCUT2D eigenvalue weighted by molar-refractivity contribution is -0.137. The molecule has 1 saturated heterocycles. The Morgan fingerprint density at radius 1 is 1.60 bits per heavy atom. The third-order valence-electron chi connectivity index (χ3n) is 3.14. The number of β-amino-alcohol motifs (C(OH)–C–C–N with tert-alkyl or cyclic N) is 1. The number of carbonyl (C=O) groups excluding carboxylic acids is 1. The first-order valence-corrected chi connectivity index (χ1v) is 5.73. The van der Waals surface area contributed by atoms with Crippen LogP contribution in [0, 0.1) is 5.92 Å². The number of nitrogens with one attached hydrogen (secondary N) is 1. The molecular weight excluding hydrogens is 192 g/mol. The van der Waals surface area contributed by atoms with E-state index in [4.69, 9.17) is 0 Å². The second-order valence-electron chi connectivity index (χ2n) is 4.43. The highest BCUT2D eigenvalue weighted by atomic mass is 16.3. The van der Waals surface area contributed by atoms with Crippen molar-refractivity contribution in [1.82, 2.24) is 10.2 Å². The number of nitrogens with zero attached hydrogens (tertiary/aromatic N) is 1. The summed E-state index contributed by atoms with van der Waals surface area (Å²) in [5.41, 5.74) is 0. The van der Waals surface area contributed by atoms with E-state index in [1.165, 1.54) is 0 Å². The number of rotatable bonds is 4. The molecule has 1 rings (SSSR count). The van der Waals surface area contributed by atoms with E-state index in [1.807, 2.05) is 6.92 Å². The van der Waals surface area contributed by atoms with E-state index in [2.05, 4.69) is 12.2 Å². The minimum absolute atomic E-state index is 0.0585. The van der Waals surface area contributed by atoms with Crippen molar-refractivity contribution in [2.24, 2.45) is 5.92 Å². The van der Waals surface area contributed by atoms with Crippen LogP contribution in [0.1, 0.15) is 26.7 Å². The Hall–Kier alpha value is -0.610. The number of amides is 1. The lowest BCUT2D eigenvalue weighted by atomic mass is 10.0. The van der Waals surface area contributed by atoms with E-state index >= 15 is 0 Å². The maximum atomic E-state index is 12.0. The van der Waals surface area contributed by atoms with Crippen LogP contribution < -0.4 is 5.32 Å². The Morgan fingerprint density at radius 2 is 2.27 bits per heavy atom. The highest BCUT2D eigenvalue weighted by Gasteiger charge is 2.32. The first-order valence-electron chi connectivity index (χ1n) is 5.73. The van der Waals surface area contributed by atoms with Crippen molar-refractivity contribution < 1.29 is 9.90 Å². The number of aliphatic hydroxyl groups excluding tert-OH is 1. The molecule has 0 aromatic heterocycles. The first kappa shape index (κ1) is 12.5. The molecular formula is C11H22N2O2. The number of hydrogen-bond acceptors (Lipinski definition) is 3. The van der Waals surface area contributed by atoms with Gasteiger partial charge in [0.25, 0.3) is 0 Å². The number of hydrogen-bond donors (Lipinski definition) is 2. The molecule has 1 aliphatic rings. The van der Waals surface area contributed by atoms with Gasteiger partial charge in [-0.1, -0.05) is 20.3 Å². The Kier molecular flexibility index (Phi) is 4.54. The van der Waals surface area contributed by atoms with Crippen LogP contribution in [0.2, 0.25) is 0 Å². The normalized spacial score (nSPS) is 27.7. The summed E-state index contributed by atoms with van der Waals surface area (Å²) in [5, 5.41) is 12.7. The average Bonchev–Trinajstić information content (AvgIpc) is 2.62. The van der Waals surface area contributed by atoms with Gasteiger partial charge < -0.3 is 15.3 Å². The molecule has 4 heteroatoms. The summed E-state index contributed by atoms with van der Waals surface area (Å²) in [4.78, 5) is 13.7. The van der Waals surface area contributed by atoms with Gasteiger partial charge in [-0.15, -0.1) is 0 Å². The quantitative estimate of drug-likeness (QED) is 0.703. The number of likely N-dealkylation sites (N-methyl/N-ethyl adjacent to an activating group) is 1. The zero-order chi connectivity index (χ0) is 11.4. The molecule has 2 N–H and O–H groups in total. The predicted molar refractivity (Wildman–Crippen MR) is 59.5 cm³/mol. The van der Waals surface area contributed by atoms with Gasteiger partial charge >= 0.3 is 0 Å². The van der Waals surface area contributed by atoms with Crippen molar-refractivity contribution in [3.8, 4) is 0 Å². The second-order valence-corrected chi connectivity index (χ2v) is 4.43. The van der Waals surface area contributed by atoms with Crippen LogP contribution in [0.3, 0.4) is 0 Å². The zero-order valence-electron chi connectivity index (χ0n) is 9.86. The molecule has 88 valence electrons. The standard InChI is InChI=1S/C11H22N2O2/c1-4-5-8(2)11(15)13(3)9-6-12-7-10(9)14/h8-10,12,14H,4-7H2,1-3H3/t8?,9-,10-/m0/s1. The smallest absolute Gasteiger partial charge is 0.225 e.